The number of amides is 2. The van der Waals surface area contributed by atoms with E-state index in [4.69, 9.17) is 4.74 Å². The zero-order chi connectivity index (χ0) is 14.6. The molecule has 0 aromatic rings. The highest BCUT2D eigenvalue weighted by molar-refractivity contribution is 5.78. The fraction of sp³-hybridized carbons (Fsp3) is 0.857. The molecule has 0 radical (unpaired) electrons. The van der Waals surface area contributed by atoms with E-state index in [0.29, 0.717) is 26.1 Å². The van der Waals surface area contributed by atoms with Gasteiger partial charge in [0.25, 0.3) is 0 Å². The van der Waals surface area contributed by atoms with Crippen molar-refractivity contribution >= 4 is 12.0 Å². The summed E-state index contributed by atoms with van der Waals surface area (Å²) in [5.74, 6) is -0.788. The third kappa shape index (κ3) is 3.23. The van der Waals surface area contributed by atoms with E-state index in [9.17, 15) is 14.7 Å². The Labute approximate surface area is 119 Å². The van der Waals surface area contributed by atoms with Crippen LogP contribution >= 0.6 is 0 Å². The molecule has 0 aromatic carbocycles. The molecular weight excluding hydrogens is 260 g/mol. The van der Waals surface area contributed by atoms with Gasteiger partial charge in [0.15, 0.2) is 0 Å². The van der Waals surface area contributed by atoms with Crippen LogP contribution in [0.1, 0.15) is 38.5 Å². The van der Waals surface area contributed by atoms with Crippen LogP contribution in [0.25, 0.3) is 0 Å². The molecule has 20 heavy (non-hydrogen) atoms. The molecule has 0 atom stereocenters. The average Bonchev–Trinajstić information content (AvgIpc) is 2.95. The van der Waals surface area contributed by atoms with Crippen molar-refractivity contribution < 1.29 is 19.4 Å². The van der Waals surface area contributed by atoms with E-state index < -0.39 is 11.4 Å². The van der Waals surface area contributed by atoms with Gasteiger partial charge < -0.3 is 20.1 Å². The van der Waals surface area contributed by atoms with Crippen LogP contribution in [0, 0.1) is 5.41 Å². The molecule has 2 N–H and O–H groups in total. The van der Waals surface area contributed by atoms with Gasteiger partial charge in [0.1, 0.15) is 0 Å². The summed E-state index contributed by atoms with van der Waals surface area (Å²) in [6.07, 6.45) is 4.85. The van der Waals surface area contributed by atoms with Crippen LogP contribution in [0.15, 0.2) is 0 Å². The molecule has 0 aromatic heterocycles. The van der Waals surface area contributed by atoms with Crippen LogP contribution < -0.4 is 5.32 Å². The first-order chi connectivity index (χ1) is 9.55. The quantitative estimate of drug-likeness (QED) is 0.819. The first kappa shape index (κ1) is 15.1. The van der Waals surface area contributed by atoms with Crippen LogP contribution in [0.3, 0.4) is 0 Å². The molecule has 114 valence electrons. The topological polar surface area (TPSA) is 78.9 Å². The predicted octanol–water partition coefficient (Wildman–Crippen LogP) is 1.45. The summed E-state index contributed by atoms with van der Waals surface area (Å²) in [5, 5.41) is 12.2. The molecule has 1 heterocycles. The fourth-order valence-electron chi connectivity index (χ4n) is 3.13. The molecule has 1 saturated heterocycles. The summed E-state index contributed by atoms with van der Waals surface area (Å²) < 4.78 is 5.28. The summed E-state index contributed by atoms with van der Waals surface area (Å²) in [4.78, 5) is 25.3. The minimum absolute atomic E-state index is 0.176. The van der Waals surface area contributed by atoms with Crippen molar-refractivity contribution in [1.29, 1.82) is 0 Å². The maximum Gasteiger partial charge on any atom is 0.317 e. The van der Waals surface area contributed by atoms with Gasteiger partial charge in [-0.1, -0.05) is 12.8 Å². The Bertz CT molecular complexity index is 360. The number of hydrogen-bond donors (Lipinski definition) is 2. The number of carbonyl (C=O) groups excluding carboxylic acids is 1. The number of ether oxygens (including phenoxy) is 1. The number of nitrogens with zero attached hydrogens (tertiary/aromatic N) is 1. The maximum absolute atomic E-state index is 12.1. The molecule has 1 aliphatic heterocycles. The summed E-state index contributed by atoms with van der Waals surface area (Å²) in [6, 6.07) is 0.0116. The lowest BCUT2D eigenvalue weighted by molar-refractivity contribution is -0.148. The lowest BCUT2D eigenvalue weighted by atomic mass is 9.86. The Morgan fingerprint density at radius 3 is 2.45 bits per heavy atom. The second-order valence-electron chi connectivity index (χ2n) is 5.91. The Morgan fingerprint density at radius 2 is 1.90 bits per heavy atom. The number of hydrogen-bond acceptors (Lipinski definition) is 3. The number of carboxylic acids is 1. The van der Waals surface area contributed by atoms with Crippen molar-refractivity contribution in [3.8, 4) is 0 Å². The van der Waals surface area contributed by atoms with Crippen molar-refractivity contribution in [3.63, 3.8) is 0 Å². The van der Waals surface area contributed by atoms with E-state index in [1.54, 1.807) is 11.9 Å². The fourth-order valence-corrected chi connectivity index (χ4v) is 3.13. The summed E-state index contributed by atoms with van der Waals surface area (Å²) in [5.41, 5.74) is -0.758. The SMILES string of the molecule is CN(C(=O)NCC1(C(=O)O)CCCC1)C1CCOCC1. The van der Waals surface area contributed by atoms with Gasteiger partial charge in [-0.15, -0.1) is 0 Å². The van der Waals surface area contributed by atoms with E-state index in [-0.39, 0.29) is 18.6 Å². The third-order valence-electron chi connectivity index (χ3n) is 4.65. The molecule has 2 rings (SSSR count). The van der Waals surface area contributed by atoms with Gasteiger partial charge in [-0.05, 0) is 25.7 Å². The van der Waals surface area contributed by atoms with E-state index in [1.807, 2.05) is 0 Å². The number of rotatable bonds is 4. The smallest absolute Gasteiger partial charge is 0.317 e. The van der Waals surface area contributed by atoms with Gasteiger partial charge in [-0.25, -0.2) is 4.79 Å². The van der Waals surface area contributed by atoms with Crippen LogP contribution in [0.4, 0.5) is 4.79 Å². The van der Waals surface area contributed by atoms with E-state index in [0.717, 1.165) is 25.7 Å². The van der Waals surface area contributed by atoms with Gasteiger partial charge in [0.05, 0.1) is 5.41 Å². The van der Waals surface area contributed by atoms with Crippen molar-refractivity contribution in [2.75, 3.05) is 26.8 Å². The minimum atomic E-state index is -0.788. The highest BCUT2D eigenvalue weighted by Gasteiger charge is 2.41. The Morgan fingerprint density at radius 1 is 1.30 bits per heavy atom. The summed E-state index contributed by atoms with van der Waals surface area (Å²) in [6.45, 7) is 1.59. The first-order valence-electron chi connectivity index (χ1n) is 7.37. The normalized spacial score (nSPS) is 22.4. The lowest BCUT2D eigenvalue weighted by Crippen LogP contribution is -2.49. The first-order valence-corrected chi connectivity index (χ1v) is 7.37. The average molecular weight is 284 g/mol. The molecule has 0 spiro atoms. The second-order valence-corrected chi connectivity index (χ2v) is 5.91. The number of carboxylic acid groups (broad SMARTS) is 1. The summed E-state index contributed by atoms with van der Waals surface area (Å²) in [7, 11) is 1.77. The molecule has 2 fully saturated rings. The Kier molecular flexibility index (Phi) is 4.86. The molecule has 2 aliphatic rings. The zero-order valence-corrected chi connectivity index (χ0v) is 12.1. The van der Waals surface area contributed by atoms with Gasteiger partial charge in [-0.2, -0.15) is 0 Å². The molecule has 0 bridgehead atoms. The van der Waals surface area contributed by atoms with Crippen LogP contribution in [0.2, 0.25) is 0 Å². The molecular formula is C14H24N2O4. The van der Waals surface area contributed by atoms with Crippen molar-refractivity contribution in [2.24, 2.45) is 5.41 Å². The third-order valence-corrected chi connectivity index (χ3v) is 4.65. The van der Waals surface area contributed by atoms with Crippen molar-refractivity contribution in [3.05, 3.63) is 0 Å². The summed E-state index contributed by atoms with van der Waals surface area (Å²) >= 11 is 0. The number of nitrogens with one attached hydrogen (secondary N) is 1. The molecule has 1 saturated carbocycles. The number of aliphatic carboxylic acids is 1. The predicted molar refractivity (Wildman–Crippen MR) is 73.5 cm³/mol. The second kappa shape index (κ2) is 6.43. The Hall–Kier alpha value is -1.30. The van der Waals surface area contributed by atoms with E-state index in [1.165, 1.54) is 0 Å². The number of urea groups is 1. The van der Waals surface area contributed by atoms with Crippen molar-refractivity contribution in [2.45, 2.75) is 44.6 Å². The van der Waals surface area contributed by atoms with Crippen LogP contribution in [0.5, 0.6) is 0 Å². The Balaban J connectivity index is 1.85. The van der Waals surface area contributed by atoms with Crippen molar-refractivity contribution in [1.82, 2.24) is 10.2 Å². The molecule has 6 heteroatoms. The molecule has 0 unspecified atom stereocenters. The highest BCUT2D eigenvalue weighted by atomic mass is 16.5. The standard InChI is InChI=1S/C14H24N2O4/c1-16(11-4-8-20-9-5-11)13(19)15-10-14(12(17)18)6-2-3-7-14/h11H,2-10H2,1H3,(H,15,19)(H,17,18). The van der Waals surface area contributed by atoms with Gasteiger partial charge in [0, 0.05) is 32.8 Å². The minimum Gasteiger partial charge on any atom is -0.481 e. The molecule has 1 aliphatic carbocycles. The monoisotopic (exact) mass is 284 g/mol. The maximum atomic E-state index is 12.1. The van der Waals surface area contributed by atoms with Crippen LogP contribution in [-0.4, -0.2) is 54.9 Å². The number of carbonyl (C=O) groups is 2. The van der Waals surface area contributed by atoms with Gasteiger partial charge >= 0.3 is 12.0 Å². The van der Waals surface area contributed by atoms with Gasteiger partial charge in [0.2, 0.25) is 0 Å². The highest BCUT2D eigenvalue weighted by Crippen LogP contribution is 2.37. The van der Waals surface area contributed by atoms with E-state index in [2.05, 4.69) is 5.32 Å². The van der Waals surface area contributed by atoms with Gasteiger partial charge in [-0.3, -0.25) is 4.79 Å². The lowest BCUT2D eigenvalue weighted by Gasteiger charge is -2.32. The van der Waals surface area contributed by atoms with E-state index >= 15 is 0 Å². The largest absolute Gasteiger partial charge is 0.481 e. The van der Waals surface area contributed by atoms with Crippen LogP contribution in [-0.2, 0) is 9.53 Å². The molecule has 6 nitrogen and oxygen atoms in total. The molecule has 2 amide bonds. The zero-order valence-electron chi connectivity index (χ0n) is 12.1.